The second kappa shape index (κ2) is 6.57. The van der Waals surface area contributed by atoms with Gasteiger partial charge in [0.15, 0.2) is 0 Å². The van der Waals surface area contributed by atoms with Crippen molar-refractivity contribution in [2.45, 2.75) is 20.8 Å². The molecule has 0 atom stereocenters. The maximum absolute atomic E-state index is 12.5. The molecule has 0 unspecified atom stereocenters. The maximum Gasteiger partial charge on any atom is 0.253 e. The molecule has 0 spiro atoms. The Labute approximate surface area is 115 Å². The Morgan fingerprint density at radius 1 is 1.42 bits per heavy atom. The smallest absolute Gasteiger partial charge is 0.253 e. The fourth-order valence-electron chi connectivity index (χ4n) is 1.85. The first-order valence-corrected chi connectivity index (χ1v) is 6.57. The number of hydrogen-bond acceptors (Lipinski definition) is 3. The minimum atomic E-state index is -0.0788. The van der Waals surface area contributed by atoms with Crippen molar-refractivity contribution in [2.24, 2.45) is 11.1 Å². The van der Waals surface area contributed by atoms with Gasteiger partial charge < -0.3 is 15.4 Å². The number of carbonyl (C=O) groups excluding carboxylic acids is 1. The van der Waals surface area contributed by atoms with Crippen molar-refractivity contribution in [1.29, 1.82) is 0 Å². The summed E-state index contributed by atoms with van der Waals surface area (Å²) >= 11 is 0. The number of ether oxygens (including phenoxy) is 1. The van der Waals surface area contributed by atoms with E-state index in [1.54, 1.807) is 13.2 Å². The Kier molecular flexibility index (Phi) is 5.36. The molecule has 19 heavy (non-hydrogen) atoms. The number of benzene rings is 1. The molecule has 1 aromatic rings. The lowest BCUT2D eigenvalue weighted by molar-refractivity contribution is 0.0700. The van der Waals surface area contributed by atoms with Gasteiger partial charge in [-0.1, -0.05) is 19.9 Å². The highest BCUT2D eigenvalue weighted by atomic mass is 16.5. The third kappa shape index (κ3) is 4.24. The quantitative estimate of drug-likeness (QED) is 0.856. The highest BCUT2D eigenvalue weighted by molar-refractivity contribution is 5.94. The van der Waals surface area contributed by atoms with E-state index in [0.717, 1.165) is 0 Å². The van der Waals surface area contributed by atoms with E-state index in [0.29, 0.717) is 30.9 Å². The van der Waals surface area contributed by atoms with Crippen LogP contribution in [0.1, 0.15) is 31.1 Å². The minimum Gasteiger partial charge on any atom is -0.497 e. The molecule has 1 rings (SSSR count). The first-order valence-electron chi connectivity index (χ1n) is 6.57. The highest BCUT2D eigenvalue weighted by Crippen LogP contribution is 2.19. The molecule has 0 saturated heterocycles. The Morgan fingerprint density at radius 2 is 2.11 bits per heavy atom. The van der Waals surface area contributed by atoms with Gasteiger partial charge in [0.2, 0.25) is 0 Å². The number of nitrogens with zero attached hydrogens (tertiary/aromatic N) is 1. The monoisotopic (exact) mass is 264 g/mol. The van der Waals surface area contributed by atoms with Gasteiger partial charge >= 0.3 is 0 Å². The minimum absolute atomic E-state index is 0.0166. The Balaban J connectivity index is 2.89. The second-order valence-electron chi connectivity index (χ2n) is 5.42. The summed E-state index contributed by atoms with van der Waals surface area (Å²) in [4.78, 5) is 14.3. The van der Waals surface area contributed by atoms with Crippen LogP contribution in [0.3, 0.4) is 0 Å². The predicted octanol–water partition coefficient (Wildman–Crippen LogP) is 2.14. The van der Waals surface area contributed by atoms with Crippen molar-refractivity contribution in [3.05, 3.63) is 29.8 Å². The van der Waals surface area contributed by atoms with Crippen LogP contribution in [-0.2, 0) is 0 Å². The summed E-state index contributed by atoms with van der Waals surface area (Å²) in [6, 6.07) is 7.23. The van der Waals surface area contributed by atoms with Crippen molar-refractivity contribution < 1.29 is 9.53 Å². The molecule has 0 aliphatic carbocycles. The van der Waals surface area contributed by atoms with E-state index < -0.39 is 0 Å². The van der Waals surface area contributed by atoms with E-state index in [2.05, 4.69) is 13.8 Å². The van der Waals surface area contributed by atoms with Crippen LogP contribution < -0.4 is 10.5 Å². The van der Waals surface area contributed by atoms with Gasteiger partial charge in [-0.25, -0.2) is 0 Å². The summed E-state index contributed by atoms with van der Waals surface area (Å²) in [6.45, 7) is 7.97. The largest absolute Gasteiger partial charge is 0.497 e. The second-order valence-corrected chi connectivity index (χ2v) is 5.42. The maximum atomic E-state index is 12.5. The van der Waals surface area contributed by atoms with Gasteiger partial charge in [0.05, 0.1) is 7.11 Å². The summed E-state index contributed by atoms with van der Waals surface area (Å²) in [7, 11) is 1.60. The van der Waals surface area contributed by atoms with Crippen LogP contribution in [0.25, 0.3) is 0 Å². The molecule has 4 heteroatoms. The van der Waals surface area contributed by atoms with E-state index in [9.17, 15) is 4.79 Å². The van der Waals surface area contributed by atoms with E-state index in [4.69, 9.17) is 10.5 Å². The van der Waals surface area contributed by atoms with Crippen LogP contribution in [0, 0.1) is 5.41 Å². The lowest BCUT2D eigenvalue weighted by atomic mass is 9.93. The van der Waals surface area contributed by atoms with Crippen LogP contribution in [0.2, 0.25) is 0 Å². The van der Waals surface area contributed by atoms with E-state index in [1.165, 1.54) is 0 Å². The lowest BCUT2D eigenvalue weighted by Gasteiger charge is -2.31. The number of carbonyl (C=O) groups is 1. The molecular formula is C15H24N2O2. The fraction of sp³-hybridized carbons (Fsp3) is 0.533. The summed E-state index contributed by atoms with van der Waals surface area (Å²) in [5, 5.41) is 0. The van der Waals surface area contributed by atoms with Gasteiger partial charge in [-0.05, 0) is 37.1 Å². The number of methoxy groups -OCH3 is 1. The van der Waals surface area contributed by atoms with Gasteiger partial charge in [0, 0.05) is 18.7 Å². The predicted molar refractivity (Wildman–Crippen MR) is 77.4 cm³/mol. The fourth-order valence-corrected chi connectivity index (χ4v) is 1.85. The zero-order valence-corrected chi connectivity index (χ0v) is 12.3. The normalized spacial score (nSPS) is 11.2. The first-order chi connectivity index (χ1) is 8.93. The van der Waals surface area contributed by atoms with Crippen molar-refractivity contribution in [2.75, 3.05) is 26.7 Å². The van der Waals surface area contributed by atoms with E-state index in [1.807, 2.05) is 30.0 Å². The van der Waals surface area contributed by atoms with E-state index in [-0.39, 0.29) is 11.3 Å². The zero-order chi connectivity index (χ0) is 14.5. The van der Waals surface area contributed by atoms with Gasteiger partial charge in [0.25, 0.3) is 5.91 Å². The van der Waals surface area contributed by atoms with Crippen LogP contribution in [-0.4, -0.2) is 37.6 Å². The summed E-state index contributed by atoms with van der Waals surface area (Å²) in [5.74, 6) is 0.711. The number of nitrogens with two attached hydrogens (primary N) is 1. The zero-order valence-electron chi connectivity index (χ0n) is 12.3. The molecule has 0 aromatic heterocycles. The van der Waals surface area contributed by atoms with Crippen LogP contribution >= 0.6 is 0 Å². The molecule has 0 saturated carbocycles. The molecule has 0 heterocycles. The topological polar surface area (TPSA) is 55.6 Å². The average Bonchev–Trinajstić information content (AvgIpc) is 2.44. The van der Waals surface area contributed by atoms with Gasteiger partial charge in [0.1, 0.15) is 5.75 Å². The summed E-state index contributed by atoms with van der Waals surface area (Å²) in [6.07, 6.45) is 0. The third-order valence-corrected chi connectivity index (χ3v) is 3.16. The molecule has 4 nitrogen and oxygen atoms in total. The molecule has 1 amide bonds. The molecule has 1 aromatic carbocycles. The third-order valence-electron chi connectivity index (χ3n) is 3.16. The number of rotatable bonds is 6. The molecule has 0 fully saturated rings. The van der Waals surface area contributed by atoms with Crippen molar-refractivity contribution in [3.8, 4) is 5.75 Å². The van der Waals surface area contributed by atoms with Gasteiger partial charge in [-0.2, -0.15) is 0 Å². The van der Waals surface area contributed by atoms with Gasteiger partial charge in [-0.3, -0.25) is 4.79 Å². The van der Waals surface area contributed by atoms with Crippen molar-refractivity contribution in [1.82, 2.24) is 4.90 Å². The Bertz CT molecular complexity index is 430. The highest BCUT2D eigenvalue weighted by Gasteiger charge is 2.23. The SMILES string of the molecule is CCN(CC(C)(C)CN)C(=O)c1cccc(OC)c1. The summed E-state index contributed by atoms with van der Waals surface area (Å²) in [5.41, 5.74) is 6.30. The lowest BCUT2D eigenvalue weighted by Crippen LogP contribution is -2.41. The molecule has 2 N–H and O–H groups in total. The van der Waals surface area contributed by atoms with Gasteiger partial charge in [-0.15, -0.1) is 0 Å². The molecule has 0 radical (unpaired) electrons. The molecule has 0 aliphatic rings. The Morgan fingerprint density at radius 3 is 2.63 bits per heavy atom. The standard InChI is InChI=1S/C15H24N2O2/c1-5-17(11-15(2,3)10-16)14(18)12-7-6-8-13(9-12)19-4/h6-9H,5,10-11,16H2,1-4H3. The van der Waals surface area contributed by atoms with Crippen LogP contribution in [0.4, 0.5) is 0 Å². The molecule has 0 aliphatic heterocycles. The first kappa shape index (κ1) is 15.5. The molecule has 106 valence electrons. The molecule has 0 bridgehead atoms. The number of hydrogen-bond donors (Lipinski definition) is 1. The van der Waals surface area contributed by atoms with Crippen LogP contribution in [0.15, 0.2) is 24.3 Å². The molecular weight excluding hydrogens is 240 g/mol. The van der Waals surface area contributed by atoms with Crippen molar-refractivity contribution >= 4 is 5.91 Å². The number of amides is 1. The van der Waals surface area contributed by atoms with E-state index >= 15 is 0 Å². The average molecular weight is 264 g/mol. The van der Waals surface area contributed by atoms with Crippen molar-refractivity contribution in [3.63, 3.8) is 0 Å². The summed E-state index contributed by atoms with van der Waals surface area (Å²) < 4.78 is 5.15. The Hall–Kier alpha value is -1.55. The van der Waals surface area contributed by atoms with Crippen LogP contribution in [0.5, 0.6) is 5.75 Å².